The van der Waals surface area contributed by atoms with Crippen molar-refractivity contribution in [2.45, 2.75) is 6.54 Å². The molecule has 0 unspecified atom stereocenters. The Morgan fingerprint density at radius 3 is 2.10 bits per heavy atom. The normalized spacial score (nSPS) is 10.7. The molecule has 4 aromatic carbocycles. The molecule has 2 aromatic heterocycles. The maximum Gasteiger partial charge on any atom is 0.219 e. The lowest BCUT2D eigenvalue weighted by molar-refractivity contribution is 0.463. The smallest absolute Gasteiger partial charge is 0.219 e. The van der Waals surface area contributed by atoms with Crippen molar-refractivity contribution < 1.29 is 4.74 Å². The molecule has 0 aliphatic heterocycles. The zero-order valence-corrected chi connectivity index (χ0v) is 22.9. The summed E-state index contributed by atoms with van der Waals surface area (Å²) >= 11 is 7.09. The molecule has 1 N–H and O–H groups in total. The van der Waals surface area contributed by atoms with Crippen molar-refractivity contribution in [2.24, 2.45) is 0 Å². The Morgan fingerprint density at radius 2 is 1.39 bits per heavy atom. The van der Waals surface area contributed by atoms with Gasteiger partial charge in [0, 0.05) is 41.9 Å². The van der Waals surface area contributed by atoms with Crippen LogP contribution < -0.4 is 15.0 Å². The van der Waals surface area contributed by atoms with E-state index in [9.17, 15) is 0 Å². The summed E-state index contributed by atoms with van der Waals surface area (Å²) in [5.74, 6) is 1.26. The molecule has 0 aliphatic rings. The maximum absolute atomic E-state index is 7.09. The number of aromatic nitrogens is 2. The minimum absolute atomic E-state index is 0.551. The van der Waals surface area contributed by atoms with E-state index in [2.05, 4.69) is 68.7 Å². The van der Waals surface area contributed by atoms with Crippen LogP contribution in [0.5, 0.6) is 11.6 Å². The summed E-state index contributed by atoms with van der Waals surface area (Å²) in [5, 5.41) is 4.10. The Kier molecular flexibility index (Phi) is 7.88. The fourth-order valence-electron chi connectivity index (χ4n) is 4.54. The molecule has 0 saturated carbocycles. The third-order valence-corrected chi connectivity index (χ3v) is 6.98. The Hall–Kier alpha value is -5.13. The summed E-state index contributed by atoms with van der Waals surface area (Å²) in [6.45, 7) is 0.659. The first-order valence-electron chi connectivity index (χ1n) is 13.3. The summed E-state index contributed by atoms with van der Waals surface area (Å²) in [7, 11) is 0. The van der Waals surface area contributed by atoms with Crippen LogP contribution in [-0.2, 0) is 6.54 Å². The predicted octanol–water partition coefficient (Wildman–Crippen LogP) is 9.67. The number of pyridine rings is 2. The second-order valence-corrected chi connectivity index (χ2v) is 9.77. The molecule has 5 nitrogen and oxygen atoms in total. The molecule has 0 fully saturated rings. The van der Waals surface area contributed by atoms with Gasteiger partial charge in [0.2, 0.25) is 5.88 Å². The molecule has 0 bridgehead atoms. The molecule has 0 saturated heterocycles. The average molecular weight is 555 g/mol. The van der Waals surface area contributed by atoms with E-state index >= 15 is 0 Å². The second kappa shape index (κ2) is 12.4. The first kappa shape index (κ1) is 26.1. The van der Waals surface area contributed by atoms with Crippen molar-refractivity contribution in [1.29, 1.82) is 0 Å². The van der Waals surface area contributed by atoms with E-state index in [0.717, 1.165) is 34.0 Å². The molecule has 2 heterocycles. The third kappa shape index (κ3) is 6.38. The molecule has 0 atom stereocenters. The molecule has 0 radical (unpaired) electrons. The Balaban J connectivity index is 1.28. The number of hydrogen-bond acceptors (Lipinski definition) is 5. The highest BCUT2D eigenvalue weighted by Gasteiger charge is 2.17. The number of hydrogen-bond donors (Lipinski definition) is 1. The van der Waals surface area contributed by atoms with Gasteiger partial charge in [-0.25, -0.2) is 4.98 Å². The molecule has 0 amide bonds. The van der Waals surface area contributed by atoms with E-state index in [-0.39, 0.29) is 0 Å². The van der Waals surface area contributed by atoms with Crippen molar-refractivity contribution in [3.05, 3.63) is 156 Å². The first-order chi connectivity index (χ1) is 20.2. The quantitative estimate of drug-likeness (QED) is 0.193. The summed E-state index contributed by atoms with van der Waals surface area (Å²) < 4.78 is 5.82. The molecule has 6 aromatic rings. The van der Waals surface area contributed by atoms with E-state index < -0.39 is 0 Å². The largest absolute Gasteiger partial charge is 0.439 e. The van der Waals surface area contributed by atoms with Crippen molar-refractivity contribution in [3.63, 3.8) is 0 Å². The van der Waals surface area contributed by atoms with Gasteiger partial charge in [0.05, 0.1) is 22.1 Å². The zero-order chi connectivity index (χ0) is 27.9. The van der Waals surface area contributed by atoms with Crippen LogP contribution in [0.1, 0.15) is 5.56 Å². The summed E-state index contributed by atoms with van der Waals surface area (Å²) in [6, 6.07) is 44.1. The Labute approximate surface area is 244 Å². The fourth-order valence-corrected chi connectivity index (χ4v) is 4.82. The maximum atomic E-state index is 7.09. The number of anilines is 4. The van der Waals surface area contributed by atoms with Gasteiger partial charge >= 0.3 is 0 Å². The highest BCUT2D eigenvalue weighted by Crippen LogP contribution is 2.39. The molecule has 200 valence electrons. The highest BCUT2D eigenvalue weighted by atomic mass is 35.5. The first-order valence-corrected chi connectivity index (χ1v) is 13.7. The highest BCUT2D eigenvalue weighted by molar-refractivity contribution is 6.36. The van der Waals surface area contributed by atoms with E-state index in [1.807, 2.05) is 91.1 Å². The minimum Gasteiger partial charge on any atom is -0.439 e. The summed E-state index contributed by atoms with van der Waals surface area (Å²) in [4.78, 5) is 10.9. The molecular weight excluding hydrogens is 528 g/mol. The molecule has 6 heteroatoms. The van der Waals surface area contributed by atoms with Gasteiger partial charge in [-0.15, -0.1) is 0 Å². The minimum atomic E-state index is 0.551. The SMILES string of the molecule is Clc1c(Nc2ccc(Oc3ccccn3)cc2)cccc1N(Cc1ccccc1)c1ccc(-c2ccccn2)cc1. The van der Waals surface area contributed by atoms with Crippen LogP contribution >= 0.6 is 11.6 Å². The lowest BCUT2D eigenvalue weighted by Gasteiger charge is -2.27. The van der Waals surface area contributed by atoms with E-state index in [1.54, 1.807) is 6.20 Å². The van der Waals surface area contributed by atoms with Crippen LogP contribution in [0.2, 0.25) is 5.02 Å². The number of halogens is 1. The van der Waals surface area contributed by atoms with Crippen molar-refractivity contribution in [2.75, 3.05) is 10.2 Å². The number of nitrogens with one attached hydrogen (secondary N) is 1. The van der Waals surface area contributed by atoms with Gasteiger partial charge in [-0.2, -0.15) is 0 Å². The topological polar surface area (TPSA) is 50.3 Å². The predicted molar refractivity (Wildman–Crippen MR) is 167 cm³/mol. The second-order valence-electron chi connectivity index (χ2n) is 9.39. The van der Waals surface area contributed by atoms with Gasteiger partial charge in [0.15, 0.2) is 0 Å². The summed E-state index contributed by atoms with van der Waals surface area (Å²) in [5.41, 5.74) is 6.82. The standard InChI is InChI=1S/C35H27ClN4O/c36-35-32(39-28-17-21-30(22-18-28)41-34-14-5-7-24-38-34)12-8-13-33(35)40(25-26-9-2-1-3-10-26)29-19-15-27(16-20-29)31-11-4-6-23-37-31/h1-24,39H,25H2. The van der Waals surface area contributed by atoms with Crippen LogP contribution in [0.3, 0.4) is 0 Å². The number of ether oxygens (including phenoxy) is 1. The van der Waals surface area contributed by atoms with Gasteiger partial charge in [-0.3, -0.25) is 4.98 Å². The molecule has 6 rings (SSSR count). The van der Waals surface area contributed by atoms with E-state index in [4.69, 9.17) is 16.3 Å². The monoisotopic (exact) mass is 554 g/mol. The lowest BCUT2D eigenvalue weighted by atomic mass is 10.1. The average Bonchev–Trinajstić information content (AvgIpc) is 3.04. The number of nitrogens with zero attached hydrogens (tertiary/aromatic N) is 3. The fraction of sp³-hybridized carbons (Fsp3) is 0.0286. The molecule has 41 heavy (non-hydrogen) atoms. The van der Waals surface area contributed by atoms with E-state index in [1.165, 1.54) is 5.56 Å². The number of rotatable bonds is 9. The third-order valence-electron chi connectivity index (χ3n) is 6.59. The van der Waals surface area contributed by atoms with Crippen molar-refractivity contribution in [1.82, 2.24) is 9.97 Å². The van der Waals surface area contributed by atoms with Gasteiger partial charge in [-0.1, -0.05) is 72.3 Å². The molecule has 0 spiro atoms. The van der Waals surface area contributed by atoms with Gasteiger partial charge in [-0.05, 0) is 72.3 Å². The van der Waals surface area contributed by atoms with Crippen LogP contribution in [0, 0.1) is 0 Å². The van der Waals surface area contributed by atoms with E-state index in [0.29, 0.717) is 23.2 Å². The lowest BCUT2D eigenvalue weighted by Crippen LogP contribution is -2.17. The van der Waals surface area contributed by atoms with Crippen LogP contribution in [-0.4, -0.2) is 9.97 Å². The van der Waals surface area contributed by atoms with Gasteiger partial charge < -0.3 is 15.0 Å². The van der Waals surface area contributed by atoms with Crippen LogP contribution in [0.15, 0.2) is 146 Å². The summed E-state index contributed by atoms with van der Waals surface area (Å²) in [6.07, 6.45) is 3.51. The zero-order valence-electron chi connectivity index (χ0n) is 22.2. The molecular formula is C35H27ClN4O. The Morgan fingerprint density at radius 1 is 0.659 bits per heavy atom. The number of benzene rings is 4. The Bertz CT molecular complexity index is 1700. The van der Waals surface area contributed by atoms with Crippen LogP contribution in [0.25, 0.3) is 11.3 Å². The van der Waals surface area contributed by atoms with Gasteiger partial charge in [0.25, 0.3) is 0 Å². The van der Waals surface area contributed by atoms with Crippen molar-refractivity contribution in [3.8, 4) is 22.9 Å². The van der Waals surface area contributed by atoms with Crippen LogP contribution in [0.4, 0.5) is 22.7 Å². The van der Waals surface area contributed by atoms with Gasteiger partial charge in [0.1, 0.15) is 5.75 Å². The molecule has 0 aliphatic carbocycles. The van der Waals surface area contributed by atoms with Crippen molar-refractivity contribution >= 4 is 34.4 Å².